The highest BCUT2D eigenvalue weighted by atomic mass is 35.5. The first-order valence-corrected chi connectivity index (χ1v) is 7.58. The molecule has 19 heavy (non-hydrogen) atoms. The molecule has 0 unspecified atom stereocenters. The summed E-state index contributed by atoms with van der Waals surface area (Å²) in [5, 5.41) is 0. The Kier molecular flexibility index (Phi) is 3.75. The van der Waals surface area contributed by atoms with Crippen LogP contribution in [0, 0.1) is 18.6 Å². The summed E-state index contributed by atoms with van der Waals surface area (Å²) < 4.78 is 52.3. The predicted molar refractivity (Wildman–Crippen MR) is 69.0 cm³/mol. The molecule has 1 aromatic heterocycles. The molecule has 102 valence electrons. The van der Waals surface area contributed by atoms with Crippen LogP contribution in [-0.2, 0) is 10.0 Å². The molecule has 0 spiro atoms. The van der Waals surface area contributed by atoms with E-state index in [1.165, 1.54) is 6.92 Å². The van der Waals surface area contributed by atoms with Crippen LogP contribution in [-0.4, -0.2) is 13.4 Å². The molecule has 0 bridgehead atoms. The van der Waals surface area contributed by atoms with Gasteiger partial charge in [0.2, 0.25) is 0 Å². The van der Waals surface area contributed by atoms with Crippen LogP contribution < -0.4 is 4.72 Å². The van der Waals surface area contributed by atoms with Gasteiger partial charge in [-0.05, 0) is 19.1 Å². The van der Waals surface area contributed by atoms with Gasteiger partial charge in [0.1, 0.15) is 11.6 Å². The smallest absolute Gasteiger partial charge is 0.273 e. The molecule has 0 aliphatic heterocycles. The molecular formula is C10H7ClF2N2O2S2. The Labute approximate surface area is 117 Å². The van der Waals surface area contributed by atoms with Crippen molar-refractivity contribution in [1.29, 1.82) is 0 Å². The number of nitrogens with zero attached hydrogens (tertiary/aromatic N) is 1. The van der Waals surface area contributed by atoms with Gasteiger partial charge < -0.3 is 0 Å². The second-order valence-corrected chi connectivity index (χ2v) is 7.03. The van der Waals surface area contributed by atoms with Crippen molar-refractivity contribution in [1.82, 2.24) is 4.98 Å². The van der Waals surface area contributed by atoms with Crippen molar-refractivity contribution >= 4 is 38.6 Å². The molecule has 9 heteroatoms. The first-order chi connectivity index (χ1) is 8.79. The topological polar surface area (TPSA) is 59.1 Å². The van der Waals surface area contributed by atoms with Gasteiger partial charge >= 0.3 is 0 Å². The van der Waals surface area contributed by atoms with E-state index in [0.29, 0.717) is 0 Å². The standard InChI is InChI=1S/C10H7ClF2N2O2S2/c1-5-9(18-10(11)14-5)19(16,17)15-8-4-6(12)2-3-7(8)13/h2-4,15H,1H3. The second-order valence-electron chi connectivity index (χ2n) is 3.57. The van der Waals surface area contributed by atoms with Crippen LogP contribution in [0.4, 0.5) is 14.5 Å². The molecule has 0 atom stereocenters. The van der Waals surface area contributed by atoms with Gasteiger partial charge in [-0.15, -0.1) is 0 Å². The van der Waals surface area contributed by atoms with E-state index in [1.54, 1.807) is 0 Å². The third kappa shape index (κ3) is 3.02. The third-order valence-electron chi connectivity index (χ3n) is 2.14. The number of benzene rings is 1. The zero-order valence-electron chi connectivity index (χ0n) is 9.45. The largest absolute Gasteiger partial charge is 0.276 e. The minimum Gasteiger partial charge on any atom is -0.276 e. The van der Waals surface area contributed by atoms with E-state index in [0.717, 1.165) is 29.5 Å². The van der Waals surface area contributed by atoms with E-state index in [9.17, 15) is 17.2 Å². The van der Waals surface area contributed by atoms with Crippen LogP contribution in [0.25, 0.3) is 0 Å². The van der Waals surface area contributed by atoms with Crippen molar-refractivity contribution in [3.05, 3.63) is 40.0 Å². The Morgan fingerprint density at radius 2 is 2.05 bits per heavy atom. The summed E-state index contributed by atoms with van der Waals surface area (Å²) in [7, 11) is -4.05. The summed E-state index contributed by atoms with van der Waals surface area (Å²) in [6.07, 6.45) is 0. The highest BCUT2D eigenvalue weighted by Gasteiger charge is 2.22. The number of aromatic nitrogens is 1. The molecule has 0 saturated carbocycles. The lowest BCUT2D eigenvalue weighted by Gasteiger charge is -2.07. The van der Waals surface area contributed by atoms with Gasteiger partial charge in [0.05, 0.1) is 11.4 Å². The van der Waals surface area contributed by atoms with Crippen molar-refractivity contribution < 1.29 is 17.2 Å². The van der Waals surface area contributed by atoms with Crippen LogP contribution in [0.3, 0.4) is 0 Å². The summed E-state index contributed by atoms with van der Waals surface area (Å²) in [5.41, 5.74) is -0.275. The molecule has 0 aliphatic carbocycles. The number of rotatable bonds is 3. The van der Waals surface area contributed by atoms with E-state index in [1.807, 2.05) is 4.72 Å². The lowest BCUT2D eigenvalue weighted by atomic mass is 10.3. The summed E-state index contributed by atoms with van der Waals surface area (Å²) in [6.45, 7) is 1.46. The van der Waals surface area contributed by atoms with E-state index in [4.69, 9.17) is 11.6 Å². The number of halogens is 3. The van der Waals surface area contributed by atoms with E-state index in [-0.39, 0.29) is 14.4 Å². The Bertz CT molecular complexity index is 731. The number of thiazole rings is 1. The summed E-state index contributed by atoms with van der Waals surface area (Å²) >= 11 is 6.35. The number of sulfonamides is 1. The fourth-order valence-corrected chi connectivity index (χ4v) is 4.16. The highest BCUT2D eigenvalue weighted by Crippen LogP contribution is 2.29. The second kappa shape index (κ2) is 5.03. The Hall–Kier alpha value is -1.25. The van der Waals surface area contributed by atoms with Crippen molar-refractivity contribution in [3.8, 4) is 0 Å². The minimum atomic E-state index is -4.05. The van der Waals surface area contributed by atoms with Gasteiger partial charge in [-0.1, -0.05) is 22.9 Å². The predicted octanol–water partition coefficient (Wildman–Crippen LogP) is 3.18. The molecule has 0 fully saturated rings. The van der Waals surface area contributed by atoms with Gasteiger partial charge in [-0.2, -0.15) is 0 Å². The van der Waals surface area contributed by atoms with Gasteiger partial charge in [0, 0.05) is 6.07 Å². The van der Waals surface area contributed by atoms with Crippen molar-refractivity contribution in [3.63, 3.8) is 0 Å². The first kappa shape index (κ1) is 14.2. The Morgan fingerprint density at radius 3 is 2.63 bits per heavy atom. The van der Waals surface area contributed by atoms with Gasteiger partial charge in [0.15, 0.2) is 8.68 Å². The molecule has 2 aromatic rings. The van der Waals surface area contributed by atoms with Crippen LogP contribution in [0.15, 0.2) is 22.4 Å². The normalized spacial score (nSPS) is 11.6. The number of hydrogen-bond acceptors (Lipinski definition) is 4. The lowest BCUT2D eigenvalue weighted by Crippen LogP contribution is -2.14. The van der Waals surface area contributed by atoms with Crippen LogP contribution in [0.1, 0.15) is 5.69 Å². The van der Waals surface area contributed by atoms with Gasteiger partial charge in [-0.3, -0.25) is 4.72 Å². The quantitative estimate of drug-likeness (QED) is 0.943. The third-order valence-corrected chi connectivity index (χ3v) is 5.38. The fourth-order valence-electron chi connectivity index (χ4n) is 1.37. The summed E-state index contributed by atoms with van der Waals surface area (Å²) in [5.74, 6) is -1.63. The molecule has 1 N–H and O–H groups in total. The van der Waals surface area contributed by atoms with Gasteiger partial charge in [0.25, 0.3) is 10.0 Å². The average Bonchev–Trinajstić information content (AvgIpc) is 2.63. The van der Waals surface area contributed by atoms with Crippen molar-refractivity contribution in [2.24, 2.45) is 0 Å². The number of nitrogens with one attached hydrogen (secondary N) is 1. The molecule has 0 radical (unpaired) electrons. The summed E-state index contributed by atoms with van der Waals surface area (Å²) in [4.78, 5) is 3.76. The Morgan fingerprint density at radius 1 is 1.37 bits per heavy atom. The molecule has 0 aliphatic rings. The zero-order chi connectivity index (χ0) is 14.2. The number of hydrogen-bond donors (Lipinski definition) is 1. The van der Waals surface area contributed by atoms with E-state index in [2.05, 4.69) is 4.98 Å². The van der Waals surface area contributed by atoms with Crippen LogP contribution in [0.2, 0.25) is 4.47 Å². The average molecular weight is 325 g/mol. The molecule has 0 saturated heterocycles. The molecule has 2 rings (SSSR count). The molecule has 0 amide bonds. The monoisotopic (exact) mass is 324 g/mol. The minimum absolute atomic E-state index is 0.0533. The zero-order valence-corrected chi connectivity index (χ0v) is 11.8. The molecule has 4 nitrogen and oxygen atoms in total. The van der Waals surface area contributed by atoms with Crippen LogP contribution in [0.5, 0.6) is 0 Å². The highest BCUT2D eigenvalue weighted by molar-refractivity contribution is 7.94. The molecular weight excluding hydrogens is 318 g/mol. The number of anilines is 1. The number of aryl methyl sites for hydroxylation is 1. The fraction of sp³-hybridized carbons (Fsp3) is 0.100. The Balaban J connectivity index is 2.42. The van der Waals surface area contributed by atoms with Crippen LogP contribution >= 0.6 is 22.9 Å². The molecule has 1 aromatic carbocycles. The van der Waals surface area contributed by atoms with E-state index < -0.39 is 27.3 Å². The van der Waals surface area contributed by atoms with Crippen molar-refractivity contribution in [2.75, 3.05) is 4.72 Å². The van der Waals surface area contributed by atoms with Crippen molar-refractivity contribution in [2.45, 2.75) is 11.1 Å². The maximum absolute atomic E-state index is 13.4. The van der Waals surface area contributed by atoms with E-state index >= 15 is 0 Å². The molecule has 1 heterocycles. The van der Waals surface area contributed by atoms with Gasteiger partial charge in [-0.25, -0.2) is 22.2 Å². The maximum Gasteiger partial charge on any atom is 0.273 e. The maximum atomic E-state index is 13.4. The first-order valence-electron chi connectivity index (χ1n) is 4.90. The summed E-state index contributed by atoms with van der Waals surface area (Å²) in [6, 6.07) is 2.48. The lowest BCUT2D eigenvalue weighted by molar-refractivity contribution is 0.595. The SMILES string of the molecule is Cc1nc(Cl)sc1S(=O)(=O)Nc1cc(F)ccc1F.